The third-order valence-electron chi connectivity index (χ3n) is 6.90. The molecule has 1 heterocycles. The molecule has 3 amide bonds. The maximum atomic E-state index is 14.3. The van der Waals surface area contributed by atoms with Gasteiger partial charge >= 0.3 is 0 Å². The SMILES string of the molecule is COc1ccccc1N(C(=O)c1snc(C(N)=O)c1N)C(C(=O)NC1CCCCC1)c1ccc(N(C)C)cc1. The van der Waals surface area contributed by atoms with Crippen LogP contribution < -0.4 is 31.3 Å². The van der Waals surface area contributed by atoms with Crippen LogP contribution in [0.5, 0.6) is 5.75 Å². The van der Waals surface area contributed by atoms with Crippen LogP contribution in [0.25, 0.3) is 0 Å². The van der Waals surface area contributed by atoms with Crippen molar-refractivity contribution in [3.05, 3.63) is 64.7 Å². The topological polar surface area (TPSA) is 144 Å². The summed E-state index contributed by atoms with van der Waals surface area (Å²) >= 11 is 0.769. The Balaban J connectivity index is 1.88. The van der Waals surface area contributed by atoms with Gasteiger partial charge in [0.05, 0.1) is 18.5 Å². The van der Waals surface area contributed by atoms with E-state index in [0.29, 0.717) is 17.0 Å². The minimum absolute atomic E-state index is 0.00934. The summed E-state index contributed by atoms with van der Waals surface area (Å²) in [6.07, 6.45) is 4.97. The zero-order chi connectivity index (χ0) is 28.1. The molecular formula is C28H34N6O4S. The Kier molecular flexibility index (Phi) is 8.70. The van der Waals surface area contributed by atoms with Crippen LogP contribution in [-0.4, -0.2) is 49.3 Å². The smallest absolute Gasteiger partial charge is 0.273 e. The summed E-state index contributed by atoms with van der Waals surface area (Å²) < 4.78 is 9.62. The van der Waals surface area contributed by atoms with Crippen LogP contribution in [-0.2, 0) is 4.79 Å². The minimum atomic E-state index is -1.06. The van der Waals surface area contributed by atoms with Gasteiger partial charge in [-0.05, 0) is 54.2 Å². The summed E-state index contributed by atoms with van der Waals surface area (Å²) in [6.45, 7) is 0. The number of hydrogen-bond acceptors (Lipinski definition) is 8. The maximum absolute atomic E-state index is 14.3. The highest BCUT2D eigenvalue weighted by atomic mass is 32.1. The summed E-state index contributed by atoms with van der Waals surface area (Å²) in [5.41, 5.74) is 13.2. The van der Waals surface area contributed by atoms with Gasteiger partial charge in [-0.2, -0.15) is 4.37 Å². The van der Waals surface area contributed by atoms with Crippen molar-refractivity contribution >= 4 is 46.3 Å². The first-order valence-corrected chi connectivity index (χ1v) is 13.6. The lowest BCUT2D eigenvalue weighted by atomic mass is 9.94. The molecule has 1 unspecified atom stereocenters. The Morgan fingerprint density at radius 3 is 2.31 bits per heavy atom. The van der Waals surface area contributed by atoms with Crippen LogP contribution in [0.15, 0.2) is 48.5 Å². The Labute approximate surface area is 232 Å². The van der Waals surface area contributed by atoms with E-state index in [2.05, 4.69) is 9.69 Å². The Bertz CT molecular complexity index is 1330. The highest BCUT2D eigenvalue weighted by molar-refractivity contribution is 7.09. The van der Waals surface area contributed by atoms with E-state index >= 15 is 0 Å². The van der Waals surface area contributed by atoms with Gasteiger partial charge in [-0.3, -0.25) is 19.3 Å². The number of para-hydroxylation sites is 2. The van der Waals surface area contributed by atoms with E-state index < -0.39 is 17.9 Å². The summed E-state index contributed by atoms with van der Waals surface area (Å²) in [5.74, 6) is -1.36. The Morgan fingerprint density at radius 1 is 1.05 bits per heavy atom. The van der Waals surface area contributed by atoms with Gasteiger partial charge in [0, 0.05) is 25.8 Å². The van der Waals surface area contributed by atoms with Gasteiger partial charge in [0.25, 0.3) is 11.8 Å². The number of ether oxygens (including phenoxy) is 1. The molecule has 11 heteroatoms. The number of primary amides is 1. The molecule has 1 aromatic heterocycles. The number of hydrogen-bond donors (Lipinski definition) is 3. The van der Waals surface area contributed by atoms with E-state index in [1.165, 1.54) is 12.0 Å². The average Bonchev–Trinajstić information content (AvgIpc) is 3.33. The van der Waals surface area contributed by atoms with Crippen molar-refractivity contribution in [3.8, 4) is 5.75 Å². The summed E-state index contributed by atoms with van der Waals surface area (Å²) in [6, 6.07) is 13.4. The number of nitrogens with one attached hydrogen (secondary N) is 1. The highest BCUT2D eigenvalue weighted by Gasteiger charge is 2.38. The maximum Gasteiger partial charge on any atom is 0.273 e. The lowest BCUT2D eigenvalue weighted by Gasteiger charge is -2.34. The fourth-order valence-electron chi connectivity index (χ4n) is 4.83. The van der Waals surface area contributed by atoms with Crippen molar-refractivity contribution in [1.82, 2.24) is 9.69 Å². The molecule has 1 fully saturated rings. The predicted molar refractivity (Wildman–Crippen MR) is 153 cm³/mol. The van der Waals surface area contributed by atoms with Crippen LogP contribution >= 0.6 is 11.5 Å². The average molecular weight is 551 g/mol. The van der Waals surface area contributed by atoms with Crippen molar-refractivity contribution in [2.75, 3.05) is 36.7 Å². The number of nitrogens with two attached hydrogens (primary N) is 2. The van der Waals surface area contributed by atoms with E-state index in [0.717, 1.165) is 49.3 Å². The number of aromatic nitrogens is 1. The Morgan fingerprint density at radius 2 is 1.72 bits per heavy atom. The van der Waals surface area contributed by atoms with Crippen molar-refractivity contribution in [1.29, 1.82) is 0 Å². The number of rotatable bonds is 9. The number of nitrogens with zero attached hydrogens (tertiary/aromatic N) is 3. The van der Waals surface area contributed by atoms with Gasteiger partial charge in [-0.25, -0.2) is 0 Å². The summed E-state index contributed by atoms with van der Waals surface area (Å²) in [5, 5.41) is 3.19. The van der Waals surface area contributed by atoms with Crippen molar-refractivity contribution in [3.63, 3.8) is 0 Å². The molecule has 10 nitrogen and oxygen atoms in total. The number of anilines is 3. The van der Waals surface area contributed by atoms with Crippen LogP contribution in [0.1, 0.15) is 63.9 Å². The van der Waals surface area contributed by atoms with E-state index in [9.17, 15) is 14.4 Å². The molecule has 0 spiro atoms. The quantitative estimate of drug-likeness (QED) is 0.368. The lowest BCUT2D eigenvalue weighted by molar-refractivity contribution is -0.123. The van der Waals surface area contributed by atoms with Crippen LogP contribution in [0.2, 0.25) is 0 Å². The van der Waals surface area contributed by atoms with Crippen LogP contribution in [0.4, 0.5) is 17.1 Å². The van der Waals surface area contributed by atoms with E-state index in [4.69, 9.17) is 16.2 Å². The third-order valence-corrected chi connectivity index (χ3v) is 7.75. The normalized spacial score (nSPS) is 14.3. The molecule has 5 N–H and O–H groups in total. The molecular weight excluding hydrogens is 516 g/mol. The van der Waals surface area contributed by atoms with Crippen LogP contribution in [0, 0.1) is 0 Å². The molecule has 1 aliphatic rings. The van der Waals surface area contributed by atoms with E-state index in [1.54, 1.807) is 24.3 Å². The molecule has 4 rings (SSSR count). The lowest BCUT2D eigenvalue weighted by Crippen LogP contribution is -2.47. The molecule has 1 aliphatic carbocycles. The largest absolute Gasteiger partial charge is 0.495 e. The molecule has 2 aromatic carbocycles. The second-order valence-corrected chi connectivity index (χ2v) is 10.5. The predicted octanol–water partition coefficient (Wildman–Crippen LogP) is 3.74. The Hall–Kier alpha value is -4.12. The first-order valence-electron chi connectivity index (χ1n) is 12.8. The number of carbonyl (C=O) groups excluding carboxylic acids is 3. The molecule has 3 aromatic rings. The molecule has 1 atom stereocenters. The number of amides is 3. The first kappa shape index (κ1) is 27.9. The monoisotopic (exact) mass is 550 g/mol. The number of methoxy groups -OCH3 is 1. The number of nitrogen functional groups attached to an aromatic ring is 1. The fourth-order valence-corrected chi connectivity index (χ4v) is 5.57. The van der Waals surface area contributed by atoms with Gasteiger partial charge in [0.15, 0.2) is 5.69 Å². The molecule has 206 valence electrons. The van der Waals surface area contributed by atoms with E-state index in [-0.39, 0.29) is 28.2 Å². The standard InChI is InChI=1S/C28H34N6O4S/c1-33(2)19-15-13-17(14-16-19)24(27(36)31-18-9-5-4-6-10-18)34(20-11-7-8-12-21(20)38-3)28(37)25-22(29)23(26(30)35)32-39-25/h7-8,11-16,18,24H,4-6,9-10,29H2,1-3H3,(H2,30,35)(H,31,36). The van der Waals surface area contributed by atoms with Gasteiger partial charge in [0.2, 0.25) is 5.91 Å². The van der Waals surface area contributed by atoms with Gasteiger partial charge < -0.3 is 26.4 Å². The second-order valence-electron chi connectivity index (χ2n) is 9.72. The second kappa shape index (κ2) is 12.2. The van der Waals surface area contributed by atoms with Gasteiger partial charge in [0.1, 0.15) is 16.7 Å². The van der Waals surface area contributed by atoms with Crippen LogP contribution in [0.3, 0.4) is 0 Å². The van der Waals surface area contributed by atoms with E-state index in [1.807, 2.05) is 43.3 Å². The van der Waals surface area contributed by atoms with Crippen molar-refractivity contribution < 1.29 is 19.1 Å². The van der Waals surface area contributed by atoms with Crippen molar-refractivity contribution in [2.24, 2.45) is 5.73 Å². The molecule has 0 aliphatic heterocycles. The summed E-state index contributed by atoms with van der Waals surface area (Å²) in [7, 11) is 5.35. The summed E-state index contributed by atoms with van der Waals surface area (Å²) in [4.78, 5) is 43.6. The zero-order valence-electron chi connectivity index (χ0n) is 22.3. The fraction of sp³-hybridized carbons (Fsp3) is 0.357. The van der Waals surface area contributed by atoms with Gasteiger partial charge in [-0.1, -0.05) is 43.5 Å². The number of carbonyl (C=O) groups is 3. The van der Waals surface area contributed by atoms with Crippen molar-refractivity contribution in [2.45, 2.75) is 44.2 Å². The molecule has 39 heavy (non-hydrogen) atoms. The van der Waals surface area contributed by atoms with Gasteiger partial charge in [-0.15, -0.1) is 0 Å². The third kappa shape index (κ3) is 5.98. The minimum Gasteiger partial charge on any atom is -0.495 e. The molecule has 0 saturated heterocycles. The highest BCUT2D eigenvalue weighted by Crippen LogP contribution is 2.38. The molecule has 0 radical (unpaired) electrons. The first-order chi connectivity index (χ1) is 18.7. The number of benzene rings is 2. The molecule has 1 saturated carbocycles. The molecule has 0 bridgehead atoms. The zero-order valence-corrected chi connectivity index (χ0v) is 23.2.